The smallest absolute Gasteiger partial charge is 0.00231 e. The third-order valence-corrected chi connectivity index (χ3v) is 2.75. The molecule has 2 heteroatoms. The zero-order valence-corrected chi connectivity index (χ0v) is 10.9. The summed E-state index contributed by atoms with van der Waals surface area (Å²) in [7, 11) is 0. The van der Waals surface area contributed by atoms with Gasteiger partial charge in [-0.25, -0.2) is 0 Å². The largest absolute Gasteiger partial charge is 0.317 e. The van der Waals surface area contributed by atoms with Crippen molar-refractivity contribution in [2.75, 3.05) is 26.2 Å². The Bertz CT molecular complexity index is 93.6. The average Bonchev–Trinajstić information content (AvgIpc) is 2.36. The van der Waals surface area contributed by atoms with Crippen molar-refractivity contribution in [1.82, 2.24) is 10.6 Å². The van der Waals surface area contributed by atoms with Crippen molar-refractivity contribution in [3.63, 3.8) is 0 Å². The molecule has 0 aromatic heterocycles. The standard InChI is InChI=1S/C6H13N.C5H11N.C2H6/c1-6-3-2-4-7-5-6;1-2-4-6-5-3-1;1-2/h6-7H,2-5H2,1H3;6H,1-5H2;1-2H3. The van der Waals surface area contributed by atoms with Crippen LogP contribution in [0.2, 0.25) is 0 Å². The quantitative estimate of drug-likeness (QED) is 0.648. The van der Waals surface area contributed by atoms with E-state index in [9.17, 15) is 0 Å². The summed E-state index contributed by atoms with van der Waals surface area (Å²) >= 11 is 0. The number of piperidine rings is 2. The van der Waals surface area contributed by atoms with Crippen molar-refractivity contribution in [3.05, 3.63) is 0 Å². The van der Waals surface area contributed by atoms with Gasteiger partial charge in [0.1, 0.15) is 0 Å². The van der Waals surface area contributed by atoms with Crippen molar-refractivity contribution in [3.8, 4) is 0 Å². The molecule has 2 saturated heterocycles. The van der Waals surface area contributed by atoms with E-state index in [1.807, 2.05) is 13.8 Å². The van der Waals surface area contributed by atoms with Gasteiger partial charge in [-0.2, -0.15) is 0 Å². The number of hydrogen-bond donors (Lipinski definition) is 2. The lowest BCUT2D eigenvalue weighted by Gasteiger charge is -2.17. The third-order valence-electron chi connectivity index (χ3n) is 2.75. The molecular weight excluding hydrogens is 184 g/mol. The maximum Gasteiger partial charge on any atom is -0.00231 e. The molecule has 15 heavy (non-hydrogen) atoms. The highest BCUT2D eigenvalue weighted by atomic mass is 14.9. The summed E-state index contributed by atoms with van der Waals surface area (Å²) in [5, 5.41) is 6.62. The van der Waals surface area contributed by atoms with Gasteiger partial charge in [-0.15, -0.1) is 0 Å². The molecule has 1 atom stereocenters. The van der Waals surface area contributed by atoms with Gasteiger partial charge in [0.15, 0.2) is 0 Å². The first kappa shape index (κ1) is 14.9. The average molecular weight is 214 g/mol. The summed E-state index contributed by atoms with van der Waals surface area (Å²) in [6, 6.07) is 0. The Morgan fingerprint density at radius 3 is 1.60 bits per heavy atom. The molecule has 0 radical (unpaired) electrons. The van der Waals surface area contributed by atoms with E-state index in [-0.39, 0.29) is 0 Å². The second-order valence-electron chi connectivity index (χ2n) is 4.26. The summed E-state index contributed by atoms with van der Waals surface area (Å²) in [6.45, 7) is 11.3. The summed E-state index contributed by atoms with van der Waals surface area (Å²) < 4.78 is 0. The Labute approximate surface area is 96.2 Å². The van der Waals surface area contributed by atoms with Crippen molar-refractivity contribution in [1.29, 1.82) is 0 Å². The van der Waals surface area contributed by atoms with Gasteiger partial charge in [-0.3, -0.25) is 0 Å². The molecule has 0 bridgehead atoms. The highest BCUT2D eigenvalue weighted by molar-refractivity contribution is 4.63. The lowest BCUT2D eigenvalue weighted by molar-refractivity contribution is 0.405. The van der Waals surface area contributed by atoms with Gasteiger partial charge in [0.25, 0.3) is 0 Å². The monoisotopic (exact) mass is 214 g/mol. The van der Waals surface area contributed by atoms with E-state index in [4.69, 9.17) is 0 Å². The van der Waals surface area contributed by atoms with Crippen LogP contribution in [-0.2, 0) is 0 Å². The fourth-order valence-corrected chi connectivity index (χ4v) is 1.83. The molecule has 2 nitrogen and oxygen atoms in total. The maximum absolute atomic E-state index is 3.33. The molecule has 0 saturated carbocycles. The van der Waals surface area contributed by atoms with Gasteiger partial charge < -0.3 is 10.6 Å². The van der Waals surface area contributed by atoms with Gasteiger partial charge in [0, 0.05) is 0 Å². The predicted molar refractivity (Wildman–Crippen MR) is 69.3 cm³/mol. The third kappa shape index (κ3) is 10.2. The predicted octanol–water partition coefficient (Wildman–Crippen LogP) is 2.79. The summed E-state index contributed by atoms with van der Waals surface area (Å²) in [5.74, 6) is 0.925. The Morgan fingerprint density at radius 2 is 1.40 bits per heavy atom. The van der Waals surface area contributed by atoms with Gasteiger partial charge in [-0.1, -0.05) is 27.2 Å². The van der Waals surface area contributed by atoms with Gasteiger partial charge in [0.05, 0.1) is 0 Å². The zero-order chi connectivity index (χ0) is 11.4. The Morgan fingerprint density at radius 1 is 0.800 bits per heavy atom. The highest BCUT2D eigenvalue weighted by Crippen LogP contribution is 2.06. The van der Waals surface area contributed by atoms with Crippen molar-refractivity contribution < 1.29 is 0 Å². The molecule has 0 amide bonds. The van der Waals surface area contributed by atoms with Crippen molar-refractivity contribution >= 4 is 0 Å². The van der Waals surface area contributed by atoms with Crippen LogP contribution < -0.4 is 10.6 Å². The fourth-order valence-electron chi connectivity index (χ4n) is 1.83. The Hall–Kier alpha value is -0.0800. The first-order chi connectivity index (χ1) is 7.39. The summed E-state index contributed by atoms with van der Waals surface area (Å²) in [5.41, 5.74) is 0. The minimum atomic E-state index is 0.925. The molecular formula is C13H30N2. The molecule has 0 aromatic rings. The van der Waals surface area contributed by atoms with Crippen molar-refractivity contribution in [2.24, 2.45) is 5.92 Å². The zero-order valence-electron chi connectivity index (χ0n) is 10.9. The van der Waals surface area contributed by atoms with E-state index in [1.54, 1.807) is 0 Å². The number of hydrogen-bond acceptors (Lipinski definition) is 2. The van der Waals surface area contributed by atoms with Crippen LogP contribution in [0.25, 0.3) is 0 Å². The molecule has 2 rings (SSSR count). The lowest BCUT2D eigenvalue weighted by atomic mass is 10.0. The minimum absolute atomic E-state index is 0.925. The van der Waals surface area contributed by atoms with E-state index in [0.717, 1.165) is 5.92 Å². The molecule has 2 aliphatic rings. The molecule has 0 spiro atoms. The van der Waals surface area contributed by atoms with Crippen LogP contribution in [0, 0.1) is 5.92 Å². The second-order valence-corrected chi connectivity index (χ2v) is 4.26. The summed E-state index contributed by atoms with van der Waals surface area (Å²) in [6.07, 6.45) is 7.02. The van der Waals surface area contributed by atoms with Crippen LogP contribution in [0.1, 0.15) is 52.9 Å². The molecule has 2 N–H and O–H groups in total. The molecule has 2 heterocycles. The maximum atomic E-state index is 3.33. The Kier molecular flexibility index (Phi) is 11.9. The fraction of sp³-hybridized carbons (Fsp3) is 1.00. The first-order valence-corrected chi connectivity index (χ1v) is 6.81. The van der Waals surface area contributed by atoms with Gasteiger partial charge >= 0.3 is 0 Å². The molecule has 2 aliphatic heterocycles. The molecule has 0 aliphatic carbocycles. The second kappa shape index (κ2) is 12.0. The normalized spacial score (nSPS) is 25.4. The number of rotatable bonds is 0. The van der Waals surface area contributed by atoms with Gasteiger partial charge in [0.2, 0.25) is 0 Å². The Balaban J connectivity index is 0.000000227. The summed E-state index contributed by atoms with van der Waals surface area (Å²) in [4.78, 5) is 0. The molecule has 92 valence electrons. The minimum Gasteiger partial charge on any atom is -0.317 e. The topological polar surface area (TPSA) is 24.1 Å². The van der Waals surface area contributed by atoms with Crippen LogP contribution in [0.3, 0.4) is 0 Å². The molecule has 2 fully saturated rings. The molecule has 1 unspecified atom stereocenters. The van der Waals surface area contributed by atoms with Crippen LogP contribution >= 0.6 is 0 Å². The lowest BCUT2D eigenvalue weighted by Crippen LogP contribution is -2.27. The van der Waals surface area contributed by atoms with E-state index in [0.29, 0.717) is 0 Å². The van der Waals surface area contributed by atoms with Crippen LogP contribution in [0.5, 0.6) is 0 Å². The van der Waals surface area contributed by atoms with E-state index in [2.05, 4.69) is 17.6 Å². The molecule has 0 aromatic carbocycles. The first-order valence-electron chi connectivity index (χ1n) is 6.81. The van der Waals surface area contributed by atoms with E-state index in [1.165, 1.54) is 58.3 Å². The van der Waals surface area contributed by atoms with E-state index >= 15 is 0 Å². The number of nitrogens with one attached hydrogen (secondary N) is 2. The van der Waals surface area contributed by atoms with Crippen LogP contribution in [-0.4, -0.2) is 26.2 Å². The van der Waals surface area contributed by atoms with Gasteiger partial charge in [-0.05, 0) is 57.8 Å². The van der Waals surface area contributed by atoms with Crippen molar-refractivity contribution in [2.45, 2.75) is 52.9 Å². The highest BCUT2D eigenvalue weighted by Gasteiger charge is 2.04. The SMILES string of the molecule is C1CCNCC1.CC.CC1CCCNC1. The van der Waals surface area contributed by atoms with E-state index < -0.39 is 0 Å². The van der Waals surface area contributed by atoms with Crippen LogP contribution in [0.15, 0.2) is 0 Å². The van der Waals surface area contributed by atoms with Crippen LogP contribution in [0.4, 0.5) is 0 Å².